The number of aromatic amines is 1. The van der Waals surface area contributed by atoms with E-state index in [1.807, 2.05) is 43.5 Å². The Hall–Kier alpha value is -3.85. The number of allylic oxidation sites excluding steroid dienone is 1. The van der Waals surface area contributed by atoms with Crippen LogP contribution < -0.4 is 11.1 Å². The van der Waals surface area contributed by atoms with Gasteiger partial charge in [0.1, 0.15) is 18.0 Å². The van der Waals surface area contributed by atoms with E-state index in [-0.39, 0.29) is 11.9 Å². The maximum atomic E-state index is 14.1. The van der Waals surface area contributed by atoms with Gasteiger partial charge in [0, 0.05) is 23.5 Å². The van der Waals surface area contributed by atoms with E-state index in [1.165, 1.54) is 12.4 Å². The summed E-state index contributed by atoms with van der Waals surface area (Å²) in [5.74, 6) is 0.352. The Kier molecular flexibility index (Phi) is 4.79. The molecule has 0 aliphatic heterocycles. The third-order valence-corrected chi connectivity index (χ3v) is 5.10. The minimum Gasteiger partial charge on any atom is -0.376 e. The molecule has 1 aliphatic rings. The molecule has 0 saturated heterocycles. The van der Waals surface area contributed by atoms with Crippen molar-refractivity contribution in [3.63, 3.8) is 0 Å². The number of nitrogens with two attached hydrogens (primary N) is 1. The quantitative estimate of drug-likeness (QED) is 0.461. The van der Waals surface area contributed by atoms with Crippen molar-refractivity contribution >= 4 is 5.65 Å². The van der Waals surface area contributed by atoms with Crippen LogP contribution in [0.3, 0.4) is 0 Å². The standard InChI is InChI=1S/C22H21FN8/c1-13-3-2-4-17(28-13)22-21(14-5-8-20-26-12-27-31(20)11-14)29-19(30-22)10-25-18-9-15(24)6-7-16(18)23/h2-5,7-9,11-12,15,25H,6,10,24H2,1H3,(H,29,30). The number of nitrogens with one attached hydrogen (secondary N) is 2. The van der Waals surface area contributed by atoms with Gasteiger partial charge in [-0.3, -0.25) is 4.98 Å². The first-order chi connectivity index (χ1) is 15.1. The Bertz CT molecular complexity index is 1320. The van der Waals surface area contributed by atoms with Gasteiger partial charge in [0.15, 0.2) is 5.65 Å². The predicted molar refractivity (Wildman–Crippen MR) is 115 cm³/mol. The van der Waals surface area contributed by atoms with Crippen LogP contribution in [0.15, 0.2) is 66.5 Å². The van der Waals surface area contributed by atoms with E-state index < -0.39 is 0 Å². The van der Waals surface area contributed by atoms with Crippen LogP contribution in [-0.4, -0.2) is 35.6 Å². The van der Waals surface area contributed by atoms with Crippen LogP contribution in [0.25, 0.3) is 28.3 Å². The molecule has 0 saturated carbocycles. The highest BCUT2D eigenvalue weighted by Gasteiger charge is 2.18. The fourth-order valence-electron chi connectivity index (χ4n) is 3.57. The number of nitrogens with zero attached hydrogens (tertiary/aromatic N) is 5. The number of hydrogen-bond acceptors (Lipinski definition) is 6. The lowest BCUT2D eigenvalue weighted by atomic mass is 10.1. The molecule has 9 heteroatoms. The van der Waals surface area contributed by atoms with Crippen molar-refractivity contribution in [2.75, 3.05) is 0 Å². The van der Waals surface area contributed by atoms with Crippen LogP contribution in [0.2, 0.25) is 0 Å². The third kappa shape index (κ3) is 3.82. The van der Waals surface area contributed by atoms with Gasteiger partial charge in [0.2, 0.25) is 0 Å². The van der Waals surface area contributed by atoms with E-state index in [9.17, 15) is 4.39 Å². The van der Waals surface area contributed by atoms with E-state index in [4.69, 9.17) is 10.7 Å². The zero-order chi connectivity index (χ0) is 21.4. The molecule has 4 aromatic heterocycles. The summed E-state index contributed by atoms with van der Waals surface area (Å²) in [5, 5.41) is 7.31. The Balaban J connectivity index is 1.53. The van der Waals surface area contributed by atoms with Crippen LogP contribution in [0.1, 0.15) is 17.9 Å². The first-order valence-corrected chi connectivity index (χ1v) is 9.97. The monoisotopic (exact) mass is 416 g/mol. The van der Waals surface area contributed by atoms with E-state index in [0.29, 0.717) is 24.5 Å². The van der Waals surface area contributed by atoms with Crippen LogP contribution in [0.5, 0.6) is 0 Å². The summed E-state index contributed by atoms with van der Waals surface area (Å²) in [6, 6.07) is 9.46. The van der Waals surface area contributed by atoms with Crippen molar-refractivity contribution < 1.29 is 4.39 Å². The highest BCUT2D eigenvalue weighted by molar-refractivity contribution is 5.77. The van der Waals surface area contributed by atoms with Crippen molar-refractivity contribution in [3.8, 4) is 22.6 Å². The lowest BCUT2D eigenvalue weighted by molar-refractivity contribution is 0.588. The number of aryl methyl sites for hydroxylation is 1. The van der Waals surface area contributed by atoms with Crippen molar-refractivity contribution in [2.45, 2.75) is 25.9 Å². The number of imidazole rings is 1. The molecule has 0 fully saturated rings. The van der Waals surface area contributed by atoms with E-state index in [1.54, 1.807) is 10.6 Å². The van der Waals surface area contributed by atoms with Crippen LogP contribution >= 0.6 is 0 Å². The zero-order valence-corrected chi connectivity index (χ0v) is 16.9. The normalized spacial score (nSPS) is 16.3. The molecule has 0 aromatic carbocycles. The van der Waals surface area contributed by atoms with Crippen molar-refractivity contribution in [1.82, 2.24) is 34.9 Å². The molecular weight excluding hydrogens is 395 g/mol. The van der Waals surface area contributed by atoms with Gasteiger partial charge in [0.25, 0.3) is 0 Å². The van der Waals surface area contributed by atoms with Crippen molar-refractivity contribution in [2.24, 2.45) is 5.73 Å². The lowest BCUT2D eigenvalue weighted by Crippen LogP contribution is -2.24. The maximum Gasteiger partial charge on any atom is 0.155 e. The van der Waals surface area contributed by atoms with Gasteiger partial charge >= 0.3 is 0 Å². The Morgan fingerprint density at radius 1 is 1.26 bits per heavy atom. The highest BCUT2D eigenvalue weighted by atomic mass is 19.1. The van der Waals surface area contributed by atoms with Gasteiger partial charge in [-0.05, 0) is 49.8 Å². The average molecular weight is 416 g/mol. The molecule has 156 valence electrons. The van der Waals surface area contributed by atoms with E-state index in [2.05, 4.69) is 25.4 Å². The SMILES string of the molecule is Cc1cccc(-c2[nH]c(CNC3=CC(N)CC=C3F)nc2-c2ccc3ncnn3c2)n1. The molecule has 0 spiro atoms. The first kappa shape index (κ1) is 19.1. The van der Waals surface area contributed by atoms with Gasteiger partial charge in [-0.15, -0.1) is 0 Å². The maximum absolute atomic E-state index is 14.1. The van der Waals surface area contributed by atoms with Crippen LogP contribution in [0, 0.1) is 6.92 Å². The molecule has 1 atom stereocenters. The van der Waals surface area contributed by atoms with Gasteiger partial charge in [-0.25, -0.2) is 18.9 Å². The van der Waals surface area contributed by atoms with Gasteiger partial charge in [-0.1, -0.05) is 6.07 Å². The fraction of sp³-hybridized carbons (Fsp3) is 0.182. The summed E-state index contributed by atoms with van der Waals surface area (Å²) in [7, 11) is 0. The zero-order valence-electron chi connectivity index (χ0n) is 16.9. The number of rotatable bonds is 5. The van der Waals surface area contributed by atoms with Gasteiger partial charge < -0.3 is 16.0 Å². The van der Waals surface area contributed by atoms with Gasteiger partial charge in [0.05, 0.1) is 29.3 Å². The Morgan fingerprint density at radius 3 is 3.03 bits per heavy atom. The largest absolute Gasteiger partial charge is 0.376 e. The molecule has 8 nitrogen and oxygen atoms in total. The third-order valence-electron chi connectivity index (χ3n) is 5.10. The summed E-state index contributed by atoms with van der Waals surface area (Å²) < 4.78 is 15.8. The predicted octanol–water partition coefficient (Wildman–Crippen LogP) is 3.05. The fourth-order valence-corrected chi connectivity index (χ4v) is 3.57. The molecule has 4 N–H and O–H groups in total. The second kappa shape index (κ2) is 7.77. The smallest absolute Gasteiger partial charge is 0.155 e. The molecule has 31 heavy (non-hydrogen) atoms. The molecule has 4 aromatic rings. The van der Waals surface area contributed by atoms with Crippen molar-refractivity contribution in [1.29, 1.82) is 0 Å². The minimum absolute atomic E-state index is 0.198. The summed E-state index contributed by atoms with van der Waals surface area (Å²) in [6.07, 6.45) is 7.07. The molecule has 1 aliphatic carbocycles. The highest BCUT2D eigenvalue weighted by Crippen LogP contribution is 2.29. The van der Waals surface area contributed by atoms with E-state index in [0.717, 1.165) is 34.0 Å². The lowest BCUT2D eigenvalue weighted by Gasteiger charge is -2.15. The second-order valence-corrected chi connectivity index (χ2v) is 7.44. The molecule has 0 amide bonds. The first-order valence-electron chi connectivity index (χ1n) is 9.97. The molecule has 0 bridgehead atoms. The number of halogens is 1. The van der Waals surface area contributed by atoms with Crippen LogP contribution in [-0.2, 0) is 6.54 Å². The Morgan fingerprint density at radius 2 is 2.16 bits per heavy atom. The summed E-state index contributed by atoms with van der Waals surface area (Å²) in [5.41, 5.74) is 11.1. The summed E-state index contributed by atoms with van der Waals surface area (Å²) in [6.45, 7) is 2.25. The molecule has 5 rings (SSSR count). The summed E-state index contributed by atoms with van der Waals surface area (Å²) in [4.78, 5) is 17.0. The number of aromatic nitrogens is 6. The second-order valence-electron chi connectivity index (χ2n) is 7.44. The molecule has 4 heterocycles. The number of fused-ring (bicyclic) bond motifs is 1. The van der Waals surface area contributed by atoms with E-state index >= 15 is 0 Å². The molecular formula is C22H21FN8. The number of hydrogen-bond donors (Lipinski definition) is 3. The minimum atomic E-state index is -0.300. The summed E-state index contributed by atoms with van der Waals surface area (Å²) >= 11 is 0. The number of H-pyrrole nitrogens is 1. The van der Waals surface area contributed by atoms with Gasteiger partial charge in [-0.2, -0.15) is 5.10 Å². The van der Waals surface area contributed by atoms with Crippen LogP contribution in [0.4, 0.5) is 4.39 Å². The van der Waals surface area contributed by atoms with Crippen molar-refractivity contribution in [3.05, 3.63) is 78.1 Å². The molecule has 1 unspecified atom stereocenters. The molecule has 0 radical (unpaired) electrons. The number of pyridine rings is 2. The topological polar surface area (TPSA) is 110 Å². The Labute approximate surface area is 177 Å². The average Bonchev–Trinajstić information content (AvgIpc) is 3.41.